The van der Waals surface area contributed by atoms with Crippen molar-refractivity contribution in [1.82, 2.24) is 0 Å². The van der Waals surface area contributed by atoms with Gasteiger partial charge in [0.05, 0.1) is 7.11 Å². The van der Waals surface area contributed by atoms with Crippen molar-refractivity contribution in [2.24, 2.45) is 5.73 Å². The van der Waals surface area contributed by atoms with Gasteiger partial charge in [0, 0.05) is 16.9 Å². The molecule has 1 aliphatic heterocycles. The molecule has 2 atom stereocenters. The van der Waals surface area contributed by atoms with E-state index in [1.807, 2.05) is 11.8 Å². The minimum absolute atomic E-state index is 0.0954. The molecule has 0 amide bonds. The molecular weight excluding hydrogens is 230 g/mol. The van der Waals surface area contributed by atoms with Crippen LogP contribution in [-0.4, -0.2) is 18.1 Å². The Hall–Kier alpha value is -0.670. The normalized spacial score (nSPS) is 21.5. The van der Waals surface area contributed by atoms with Gasteiger partial charge in [0.1, 0.15) is 5.75 Å². The monoisotopic (exact) mass is 251 g/mol. The Balaban J connectivity index is 2.35. The van der Waals surface area contributed by atoms with E-state index in [0.717, 1.165) is 5.75 Å². The highest BCUT2D eigenvalue weighted by atomic mass is 32.2. The summed E-state index contributed by atoms with van der Waals surface area (Å²) in [5.41, 5.74) is 10.1. The van der Waals surface area contributed by atoms with Crippen LogP contribution in [0.5, 0.6) is 5.75 Å². The molecule has 1 aliphatic rings. The molecule has 1 saturated heterocycles. The predicted octanol–water partition coefficient (Wildman–Crippen LogP) is 3.21. The van der Waals surface area contributed by atoms with Crippen molar-refractivity contribution in [3.8, 4) is 5.75 Å². The molecule has 1 aromatic rings. The molecule has 1 aromatic carbocycles. The third kappa shape index (κ3) is 2.61. The molecule has 2 nitrogen and oxygen atoms in total. The summed E-state index contributed by atoms with van der Waals surface area (Å²) in [4.78, 5) is 0. The van der Waals surface area contributed by atoms with Crippen LogP contribution in [0.2, 0.25) is 0 Å². The molecule has 17 heavy (non-hydrogen) atoms. The van der Waals surface area contributed by atoms with Crippen molar-refractivity contribution in [1.29, 1.82) is 0 Å². The SMILES string of the molecule is COc1cc(C)cc(C)c1C(N)C1CCCS1. The first-order valence-electron chi connectivity index (χ1n) is 6.16. The highest BCUT2D eigenvalue weighted by Gasteiger charge is 2.27. The van der Waals surface area contributed by atoms with Gasteiger partial charge >= 0.3 is 0 Å². The quantitative estimate of drug-likeness (QED) is 0.896. The second kappa shape index (κ2) is 5.32. The van der Waals surface area contributed by atoms with Gasteiger partial charge in [-0.3, -0.25) is 0 Å². The van der Waals surface area contributed by atoms with Gasteiger partial charge in [0.2, 0.25) is 0 Å². The van der Waals surface area contributed by atoms with Gasteiger partial charge in [0.25, 0.3) is 0 Å². The van der Waals surface area contributed by atoms with Gasteiger partial charge < -0.3 is 10.5 Å². The topological polar surface area (TPSA) is 35.2 Å². The Bertz CT molecular complexity index is 399. The van der Waals surface area contributed by atoms with Crippen molar-refractivity contribution in [3.63, 3.8) is 0 Å². The van der Waals surface area contributed by atoms with Crippen molar-refractivity contribution in [3.05, 3.63) is 28.8 Å². The summed E-state index contributed by atoms with van der Waals surface area (Å²) in [5.74, 6) is 2.19. The van der Waals surface area contributed by atoms with Crippen LogP contribution in [0.25, 0.3) is 0 Å². The number of methoxy groups -OCH3 is 1. The average Bonchev–Trinajstić information content (AvgIpc) is 2.80. The number of nitrogens with two attached hydrogens (primary N) is 1. The fourth-order valence-corrected chi connectivity index (χ4v) is 3.92. The first-order chi connectivity index (χ1) is 8.13. The van der Waals surface area contributed by atoms with Crippen LogP contribution in [0.1, 0.15) is 35.6 Å². The number of hydrogen-bond donors (Lipinski definition) is 1. The summed E-state index contributed by atoms with van der Waals surface area (Å²) in [6, 6.07) is 4.37. The number of hydrogen-bond acceptors (Lipinski definition) is 3. The molecule has 0 aromatic heterocycles. The molecule has 0 saturated carbocycles. The molecule has 2 N–H and O–H groups in total. The minimum atomic E-state index is 0.0954. The van der Waals surface area contributed by atoms with Gasteiger partial charge in [-0.15, -0.1) is 0 Å². The Morgan fingerprint density at radius 3 is 2.76 bits per heavy atom. The molecule has 2 unspecified atom stereocenters. The molecule has 0 aliphatic carbocycles. The van der Waals surface area contributed by atoms with E-state index in [2.05, 4.69) is 26.0 Å². The zero-order valence-corrected chi connectivity index (χ0v) is 11.6. The second-order valence-corrected chi connectivity index (χ2v) is 6.12. The molecule has 0 radical (unpaired) electrons. The van der Waals surface area contributed by atoms with Crippen LogP contribution in [0.3, 0.4) is 0 Å². The minimum Gasteiger partial charge on any atom is -0.496 e. The molecule has 1 fully saturated rings. The third-order valence-corrected chi connectivity index (χ3v) is 4.89. The van der Waals surface area contributed by atoms with Crippen LogP contribution < -0.4 is 10.5 Å². The highest BCUT2D eigenvalue weighted by molar-refractivity contribution is 8.00. The maximum atomic E-state index is 6.43. The average molecular weight is 251 g/mol. The number of rotatable bonds is 3. The van der Waals surface area contributed by atoms with Crippen molar-refractivity contribution < 1.29 is 4.74 Å². The van der Waals surface area contributed by atoms with Gasteiger partial charge in [-0.25, -0.2) is 0 Å². The highest BCUT2D eigenvalue weighted by Crippen LogP contribution is 2.39. The summed E-state index contributed by atoms with van der Waals surface area (Å²) in [7, 11) is 1.73. The zero-order chi connectivity index (χ0) is 12.4. The maximum Gasteiger partial charge on any atom is 0.124 e. The molecular formula is C14H21NOS. The third-order valence-electron chi connectivity index (χ3n) is 3.41. The van der Waals surface area contributed by atoms with Crippen LogP contribution in [0.15, 0.2) is 12.1 Å². The number of benzene rings is 1. The molecule has 1 heterocycles. The van der Waals surface area contributed by atoms with Crippen molar-refractivity contribution >= 4 is 11.8 Å². The maximum absolute atomic E-state index is 6.43. The second-order valence-electron chi connectivity index (χ2n) is 4.78. The molecule has 2 rings (SSSR count). The lowest BCUT2D eigenvalue weighted by atomic mass is 9.95. The largest absolute Gasteiger partial charge is 0.496 e. The first-order valence-corrected chi connectivity index (χ1v) is 7.20. The van der Waals surface area contributed by atoms with Gasteiger partial charge in [0.15, 0.2) is 0 Å². The Kier molecular flexibility index (Phi) is 4.00. The van der Waals surface area contributed by atoms with E-state index in [-0.39, 0.29) is 6.04 Å². The summed E-state index contributed by atoms with van der Waals surface area (Å²) in [5, 5.41) is 0.547. The smallest absolute Gasteiger partial charge is 0.124 e. The zero-order valence-electron chi connectivity index (χ0n) is 10.8. The van der Waals surface area contributed by atoms with E-state index in [1.54, 1.807) is 7.11 Å². The van der Waals surface area contributed by atoms with E-state index in [1.165, 1.54) is 35.3 Å². The molecule has 0 bridgehead atoms. The lowest BCUT2D eigenvalue weighted by Gasteiger charge is -2.23. The fraction of sp³-hybridized carbons (Fsp3) is 0.571. The van der Waals surface area contributed by atoms with Gasteiger partial charge in [-0.05, 0) is 49.6 Å². The Morgan fingerprint density at radius 1 is 1.41 bits per heavy atom. The van der Waals surface area contributed by atoms with Gasteiger partial charge in [-0.1, -0.05) is 6.07 Å². The summed E-state index contributed by atoms with van der Waals surface area (Å²) < 4.78 is 5.50. The van der Waals surface area contributed by atoms with E-state index in [0.29, 0.717) is 5.25 Å². The van der Waals surface area contributed by atoms with Crippen LogP contribution >= 0.6 is 11.8 Å². The van der Waals surface area contributed by atoms with E-state index < -0.39 is 0 Å². The summed E-state index contributed by atoms with van der Waals surface area (Å²) >= 11 is 2.00. The van der Waals surface area contributed by atoms with Crippen molar-refractivity contribution in [2.45, 2.75) is 38.0 Å². The van der Waals surface area contributed by atoms with E-state index in [4.69, 9.17) is 10.5 Å². The van der Waals surface area contributed by atoms with E-state index >= 15 is 0 Å². The summed E-state index contributed by atoms with van der Waals surface area (Å²) in [6.07, 6.45) is 2.51. The van der Waals surface area contributed by atoms with Crippen LogP contribution in [-0.2, 0) is 0 Å². The number of aryl methyl sites for hydroxylation is 2. The van der Waals surface area contributed by atoms with Crippen LogP contribution in [0.4, 0.5) is 0 Å². The van der Waals surface area contributed by atoms with Crippen LogP contribution in [0, 0.1) is 13.8 Å². The molecule has 3 heteroatoms. The predicted molar refractivity (Wildman–Crippen MR) is 74.9 cm³/mol. The first kappa shape index (κ1) is 12.8. The number of ether oxygens (including phenoxy) is 1. The fourth-order valence-electron chi connectivity index (χ4n) is 2.61. The Labute approximate surface area is 108 Å². The molecule has 0 spiro atoms. The van der Waals surface area contributed by atoms with Gasteiger partial charge in [-0.2, -0.15) is 11.8 Å². The summed E-state index contributed by atoms with van der Waals surface area (Å²) in [6.45, 7) is 4.22. The lowest BCUT2D eigenvalue weighted by Crippen LogP contribution is -2.23. The Morgan fingerprint density at radius 2 is 2.18 bits per heavy atom. The van der Waals surface area contributed by atoms with E-state index in [9.17, 15) is 0 Å². The number of thioether (sulfide) groups is 1. The van der Waals surface area contributed by atoms with Crippen molar-refractivity contribution in [2.75, 3.05) is 12.9 Å². The molecule has 94 valence electrons. The lowest BCUT2D eigenvalue weighted by molar-refractivity contribution is 0.403. The standard InChI is InChI=1S/C14H21NOS/c1-9-7-10(2)13(11(8-9)16-3)14(15)12-5-4-6-17-12/h7-8,12,14H,4-6,15H2,1-3H3.